The molecule has 2 aliphatic heterocycles. The lowest BCUT2D eigenvalue weighted by Crippen LogP contribution is -2.44. The maximum absolute atomic E-state index is 12.8. The van der Waals surface area contributed by atoms with Gasteiger partial charge in [0.1, 0.15) is 5.75 Å². The molecular weight excluding hydrogens is 403 g/mol. The zero-order valence-electron chi connectivity index (χ0n) is 16.9. The number of rotatable bonds is 6. The Labute approximate surface area is 173 Å². The standard InChI is InChI=1S/C20H26F3N3O4/c1-29-13-12-26-9-6-17(19(26)28)24-7-3-8-25(11-10-24)18(27)15-4-2-5-16(14-15)30-20(21,22)23/h2,4-5,14,17H,3,6-13H2,1H3/t17-/m0/s1. The summed E-state index contributed by atoms with van der Waals surface area (Å²) in [7, 11) is 1.60. The van der Waals surface area contributed by atoms with Gasteiger partial charge in [0.05, 0.1) is 12.6 Å². The second-order valence-electron chi connectivity index (χ2n) is 7.38. The fourth-order valence-electron chi connectivity index (χ4n) is 3.95. The van der Waals surface area contributed by atoms with Gasteiger partial charge in [0, 0.05) is 51.9 Å². The highest BCUT2D eigenvalue weighted by Gasteiger charge is 2.36. The maximum Gasteiger partial charge on any atom is 0.573 e. The van der Waals surface area contributed by atoms with Crippen LogP contribution in [0.25, 0.3) is 0 Å². The number of nitrogens with zero attached hydrogens (tertiary/aromatic N) is 3. The maximum atomic E-state index is 12.8. The molecule has 0 N–H and O–H groups in total. The van der Waals surface area contributed by atoms with Crippen molar-refractivity contribution in [1.29, 1.82) is 0 Å². The first-order chi connectivity index (χ1) is 14.3. The minimum atomic E-state index is -4.81. The number of carbonyl (C=O) groups is 2. The van der Waals surface area contributed by atoms with Crippen LogP contribution in [0.3, 0.4) is 0 Å². The molecule has 2 fully saturated rings. The van der Waals surface area contributed by atoms with Crippen LogP contribution in [-0.2, 0) is 9.53 Å². The van der Waals surface area contributed by atoms with E-state index >= 15 is 0 Å². The van der Waals surface area contributed by atoms with Gasteiger partial charge in [-0.2, -0.15) is 0 Å². The number of hydrogen-bond acceptors (Lipinski definition) is 5. The lowest BCUT2D eigenvalue weighted by molar-refractivity contribution is -0.274. The molecule has 2 saturated heterocycles. The number of likely N-dealkylation sites (tertiary alicyclic amines) is 1. The van der Waals surface area contributed by atoms with Gasteiger partial charge in [0.2, 0.25) is 5.91 Å². The van der Waals surface area contributed by atoms with Crippen LogP contribution < -0.4 is 4.74 Å². The summed E-state index contributed by atoms with van der Waals surface area (Å²) in [5.41, 5.74) is 0.146. The van der Waals surface area contributed by atoms with Gasteiger partial charge in [-0.1, -0.05) is 6.07 Å². The van der Waals surface area contributed by atoms with Gasteiger partial charge in [-0.05, 0) is 31.0 Å². The lowest BCUT2D eigenvalue weighted by atomic mass is 10.2. The zero-order valence-corrected chi connectivity index (χ0v) is 16.9. The monoisotopic (exact) mass is 429 g/mol. The average molecular weight is 429 g/mol. The smallest absolute Gasteiger partial charge is 0.406 e. The van der Waals surface area contributed by atoms with E-state index in [9.17, 15) is 22.8 Å². The van der Waals surface area contributed by atoms with E-state index in [1.807, 2.05) is 0 Å². The van der Waals surface area contributed by atoms with Crippen molar-refractivity contribution in [2.45, 2.75) is 25.2 Å². The van der Waals surface area contributed by atoms with Crippen LogP contribution >= 0.6 is 0 Å². The van der Waals surface area contributed by atoms with Crippen LogP contribution in [0.1, 0.15) is 23.2 Å². The predicted molar refractivity (Wildman–Crippen MR) is 102 cm³/mol. The largest absolute Gasteiger partial charge is 0.573 e. The van der Waals surface area contributed by atoms with Gasteiger partial charge in [-0.3, -0.25) is 14.5 Å². The van der Waals surface area contributed by atoms with Crippen molar-refractivity contribution in [3.8, 4) is 5.75 Å². The summed E-state index contributed by atoms with van der Waals surface area (Å²) >= 11 is 0. The molecule has 10 heteroatoms. The minimum absolute atomic E-state index is 0.0869. The molecule has 7 nitrogen and oxygen atoms in total. The molecule has 2 aliphatic rings. The summed E-state index contributed by atoms with van der Waals surface area (Å²) < 4.78 is 46.3. The molecule has 166 valence electrons. The SMILES string of the molecule is COCCN1CC[C@H](N2CCCN(C(=O)c3cccc(OC(F)(F)F)c3)CC2)C1=O. The van der Waals surface area contributed by atoms with Crippen LogP contribution in [-0.4, -0.2) is 91.9 Å². The van der Waals surface area contributed by atoms with E-state index < -0.39 is 12.1 Å². The summed E-state index contributed by atoms with van der Waals surface area (Å²) in [6.45, 7) is 3.88. The number of benzene rings is 1. The lowest BCUT2D eigenvalue weighted by Gasteiger charge is -2.26. The molecule has 0 radical (unpaired) electrons. The fraction of sp³-hybridized carbons (Fsp3) is 0.600. The predicted octanol–water partition coefficient (Wildman–Crippen LogP) is 1.98. The Morgan fingerprint density at radius 2 is 1.97 bits per heavy atom. The van der Waals surface area contributed by atoms with E-state index in [2.05, 4.69) is 9.64 Å². The van der Waals surface area contributed by atoms with E-state index in [1.54, 1.807) is 16.9 Å². The first-order valence-electron chi connectivity index (χ1n) is 9.95. The molecule has 2 amide bonds. The molecule has 0 aromatic heterocycles. The molecule has 1 atom stereocenters. The molecule has 0 unspecified atom stereocenters. The van der Waals surface area contributed by atoms with Crippen molar-refractivity contribution in [2.24, 2.45) is 0 Å². The first-order valence-corrected chi connectivity index (χ1v) is 9.95. The van der Waals surface area contributed by atoms with Crippen LogP contribution in [0.15, 0.2) is 24.3 Å². The van der Waals surface area contributed by atoms with Crippen LogP contribution in [0.2, 0.25) is 0 Å². The molecule has 0 aliphatic carbocycles. The Morgan fingerprint density at radius 1 is 1.17 bits per heavy atom. The van der Waals surface area contributed by atoms with Crippen molar-refractivity contribution in [2.75, 3.05) is 53.0 Å². The second kappa shape index (κ2) is 9.65. The van der Waals surface area contributed by atoms with Gasteiger partial charge in [0.25, 0.3) is 5.91 Å². The van der Waals surface area contributed by atoms with Gasteiger partial charge in [-0.15, -0.1) is 13.2 Å². The zero-order chi connectivity index (χ0) is 21.7. The molecular formula is C20H26F3N3O4. The highest BCUT2D eigenvalue weighted by Crippen LogP contribution is 2.24. The van der Waals surface area contributed by atoms with Gasteiger partial charge < -0.3 is 19.3 Å². The van der Waals surface area contributed by atoms with Gasteiger partial charge in [-0.25, -0.2) is 0 Å². The third-order valence-corrected chi connectivity index (χ3v) is 5.41. The fourth-order valence-corrected chi connectivity index (χ4v) is 3.95. The number of amides is 2. The normalized spacial score (nSPS) is 21.1. The molecule has 1 aromatic carbocycles. The number of halogens is 3. The summed E-state index contributed by atoms with van der Waals surface area (Å²) in [4.78, 5) is 31.0. The first kappa shape index (κ1) is 22.4. The van der Waals surface area contributed by atoms with E-state index in [0.717, 1.165) is 18.6 Å². The Bertz CT molecular complexity index is 759. The van der Waals surface area contributed by atoms with E-state index in [-0.39, 0.29) is 23.4 Å². The molecule has 1 aromatic rings. The average Bonchev–Trinajstić information content (AvgIpc) is 2.90. The minimum Gasteiger partial charge on any atom is -0.406 e. The molecule has 3 rings (SSSR count). The summed E-state index contributed by atoms with van der Waals surface area (Å²) in [6, 6.07) is 4.91. The number of alkyl halides is 3. The number of hydrogen-bond donors (Lipinski definition) is 0. The molecule has 0 spiro atoms. The Balaban J connectivity index is 1.59. The molecule has 30 heavy (non-hydrogen) atoms. The van der Waals surface area contributed by atoms with Crippen molar-refractivity contribution in [3.63, 3.8) is 0 Å². The van der Waals surface area contributed by atoms with Gasteiger partial charge >= 0.3 is 6.36 Å². The number of carbonyl (C=O) groups excluding carboxylic acids is 2. The van der Waals surface area contributed by atoms with Crippen molar-refractivity contribution < 1.29 is 32.2 Å². The Hall–Kier alpha value is -2.33. The molecule has 0 saturated carbocycles. The van der Waals surface area contributed by atoms with Gasteiger partial charge in [0.15, 0.2) is 0 Å². The van der Waals surface area contributed by atoms with Crippen molar-refractivity contribution in [1.82, 2.24) is 14.7 Å². The van der Waals surface area contributed by atoms with Crippen molar-refractivity contribution >= 4 is 11.8 Å². The highest BCUT2D eigenvalue weighted by molar-refractivity contribution is 5.94. The van der Waals surface area contributed by atoms with Crippen LogP contribution in [0.5, 0.6) is 5.75 Å². The summed E-state index contributed by atoms with van der Waals surface area (Å²) in [6.07, 6.45) is -3.38. The quantitative estimate of drug-likeness (QED) is 0.692. The summed E-state index contributed by atoms with van der Waals surface area (Å²) in [5.74, 6) is -0.676. The van der Waals surface area contributed by atoms with E-state index in [4.69, 9.17) is 4.74 Å². The van der Waals surface area contributed by atoms with E-state index in [1.165, 1.54) is 12.1 Å². The van der Waals surface area contributed by atoms with Crippen LogP contribution in [0.4, 0.5) is 13.2 Å². The third kappa shape index (κ3) is 5.63. The highest BCUT2D eigenvalue weighted by atomic mass is 19.4. The number of ether oxygens (including phenoxy) is 2. The molecule has 0 bridgehead atoms. The molecule has 2 heterocycles. The summed E-state index contributed by atoms with van der Waals surface area (Å²) in [5, 5.41) is 0. The van der Waals surface area contributed by atoms with E-state index in [0.29, 0.717) is 52.3 Å². The van der Waals surface area contributed by atoms with Crippen molar-refractivity contribution in [3.05, 3.63) is 29.8 Å². The Kier molecular flexibility index (Phi) is 7.19. The number of methoxy groups -OCH3 is 1. The van der Waals surface area contributed by atoms with Crippen LogP contribution in [0, 0.1) is 0 Å². The Morgan fingerprint density at radius 3 is 2.70 bits per heavy atom. The third-order valence-electron chi connectivity index (χ3n) is 5.41. The topological polar surface area (TPSA) is 62.3 Å². The second-order valence-corrected chi connectivity index (χ2v) is 7.38.